The summed E-state index contributed by atoms with van der Waals surface area (Å²) in [6, 6.07) is -0.919. The number of aliphatic carboxylic acids is 1. The zero-order chi connectivity index (χ0) is 9.72. The highest BCUT2D eigenvalue weighted by atomic mass is 35.5. The van der Waals surface area contributed by atoms with Gasteiger partial charge in [0.05, 0.1) is 0 Å². The van der Waals surface area contributed by atoms with Gasteiger partial charge in [-0.25, -0.2) is 4.79 Å². The van der Waals surface area contributed by atoms with Crippen LogP contribution in [0.4, 0.5) is 0 Å². The first-order valence-corrected chi connectivity index (χ1v) is 4.17. The molecule has 2 N–H and O–H groups in total. The molecule has 12 heavy (non-hydrogen) atoms. The first-order valence-electron chi connectivity index (χ1n) is 3.30. The average Bonchev–Trinajstić information content (AvgIpc) is 1.98. The lowest BCUT2D eigenvalue weighted by atomic mass is 10.2. The van der Waals surface area contributed by atoms with Gasteiger partial charge in [0.1, 0.15) is 6.04 Å². The molecule has 0 bridgehead atoms. The number of carboxylic acid groups (broad SMARTS) is 1. The average molecular weight is 214 g/mol. The molecule has 0 aliphatic heterocycles. The molecule has 0 heterocycles. The van der Waals surface area contributed by atoms with E-state index >= 15 is 0 Å². The molecular weight excluding hydrogens is 205 g/mol. The molecular formula is C6H9Cl2NO3. The van der Waals surface area contributed by atoms with E-state index in [1.807, 2.05) is 0 Å². The van der Waals surface area contributed by atoms with Crippen molar-refractivity contribution in [2.75, 3.05) is 0 Å². The number of nitrogens with one attached hydrogen (secondary N) is 1. The Morgan fingerprint density at radius 2 is 2.00 bits per heavy atom. The van der Waals surface area contributed by atoms with Crippen LogP contribution in [0.3, 0.4) is 0 Å². The molecule has 0 aliphatic rings. The molecule has 0 saturated heterocycles. The molecule has 0 aromatic heterocycles. The maximum absolute atomic E-state index is 10.8. The lowest BCUT2D eigenvalue weighted by Gasteiger charge is -2.11. The van der Waals surface area contributed by atoms with Gasteiger partial charge in [-0.1, -0.05) is 30.1 Å². The predicted molar refractivity (Wildman–Crippen MR) is 45.4 cm³/mol. The van der Waals surface area contributed by atoms with Gasteiger partial charge in [-0.3, -0.25) is 4.79 Å². The molecule has 1 atom stereocenters. The van der Waals surface area contributed by atoms with E-state index in [2.05, 4.69) is 5.32 Å². The van der Waals surface area contributed by atoms with E-state index in [1.54, 1.807) is 6.92 Å². The summed E-state index contributed by atoms with van der Waals surface area (Å²) < 4.78 is 0. The molecule has 70 valence electrons. The number of alkyl halides is 2. The monoisotopic (exact) mass is 213 g/mol. The summed E-state index contributed by atoms with van der Waals surface area (Å²) in [7, 11) is 0. The molecule has 0 aromatic rings. The fourth-order valence-corrected chi connectivity index (χ4v) is 0.699. The van der Waals surface area contributed by atoms with Gasteiger partial charge >= 0.3 is 5.97 Å². The van der Waals surface area contributed by atoms with Crippen LogP contribution in [0, 0.1) is 0 Å². The molecule has 1 unspecified atom stereocenters. The topological polar surface area (TPSA) is 66.4 Å². The Labute approximate surface area is 79.8 Å². The number of halogens is 2. The van der Waals surface area contributed by atoms with E-state index in [-0.39, 0.29) is 0 Å². The van der Waals surface area contributed by atoms with Crippen molar-refractivity contribution in [3.63, 3.8) is 0 Å². The van der Waals surface area contributed by atoms with Crippen LogP contribution in [0.2, 0.25) is 0 Å². The number of hydrogen-bond donors (Lipinski definition) is 2. The quantitative estimate of drug-likeness (QED) is 0.679. The van der Waals surface area contributed by atoms with E-state index in [0.29, 0.717) is 6.42 Å². The third kappa shape index (κ3) is 3.78. The molecule has 0 radical (unpaired) electrons. The van der Waals surface area contributed by atoms with Crippen LogP contribution in [-0.4, -0.2) is 27.9 Å². The van der Waals surface area contributed by atoms with Gasteiger partial charge in [0.15, 0.2) is 4.84 Å². The zero-order valence-corrected chi connectivity index (χ0v) is 7.89. The molecule has 0 aliphatic carbocycles. The van der Waals surface area contributed by atoms with Gasteiger partial charge in [0, 0.05) is 0 Å². The van der Waals surface area contributed by atoms with Crippen LogP contribution >= 0.6 is 23.2 Å². The summed E-state index contributed by atoms with van der Waals surface area (Å²) in [5, 5.41) is 10.7. The molecule has 6 heteroatoms. The standard InChI is InChI=1S/C6H9Cl2NO3/c1-2-3(6(11)12)9-5(10)4(7)8/h3-4H,2H2,1H3,(H,9,10)(H,11,12). The van der Waals surface area contributed by atoms with Gasteiger partial charge in [0.2, 0.25) is 0 Å². The van der Waals surface area contributed by atoms with Crippen LogP contribution in [0.5, 0.6) is 0 Å². The first kappa shape index (κ1) is 11.5. The van der Waals surface area contributed by atoms with E-state index in [1.165, 1.54) is 0 Å². The zero-order valence-electron chi connectivity index (χ0n) is 6.38. The maximum atomic E-state index is 10.8. The number of carboxylic acids is 1. The summed E-state index contributed by atoms with van der Waals surface area (Å²) in [5.74, 6) is -1.78. The second-order valence-electron chi connectivity index (χ2n) is 2.11. The van der Waals surface area contributed by atoms with E-state index in [9.17, 15) is 9.59 Å². The van der Waals surface area contributed by atoms with Crippen molar-refractivity contribution in [1.29, 1.82) is 0 Å². The van der Waals surface area contributed by atoms with Gasteiger partial charge in [-0.05, 0) is 6.42 Å². The van der Waals surface area contributed by atoms with Crippen molar-refractivity contribution >= 4 is 35.1 Å². The highest BCUT2D eigenvalue weighted by molar-refractivity contribution is 6.53. The Morgan fingerprint density at radius 1 is 1.50 bits per heavy atom. The predicted octanol–water partition coefficient (Wildman–Crippen LogP) is 0.769. The van der Waals surface area contributed by atoms with Crippen LogP contribution in [0.1, 0.15) is 13.3 Å². The molecule has 0 fully saturated rings. The summed E-state index contributed by atoms with van der Waals surface area (Å²) in [6.45, 7) is 1.64. The number of amides is 1. The fraction of sp³-hybridized carbons (Fsp3) is 0.667. The number of rotatable bonds is 4. The lowest BCUT2D eigenvalue weighted by Crippen LogP contribution is -2.42. The van der Waals surface area contributed by atoms with Crippen molar-refractivity contribution in [2.24, 2.45) is 0 Å². The molecule has 4 nitrogen and oxygen atoms in total. The van der Waals surface area contributed by atoms with Crippen LogP contribution in [0.25, 0.3) is 0 Å². The van der Waals surface area contributed by atoms with E-state index in [4.69, 9.17) is 28.3 Å². The minimum atomic E-state index is -1.22. The van der Waals surface area contributed by atoms with Crippen LogP contribution in [-0.2, 0) is 9.59 Å². The van der Waals surface area contributed by atoms with Gasteiger partial charge < -0.3 is 10.4 Å². The minimum Gasteiger partial charge on any atom is -0.480 e. The highest BCUT2D eigenvalue weighted by Crippen LogP contribution is 2.02. The summed E-state index contributed by atoms with van der Waals surface area (Å²) in [6.07, 6.45) is 0.293. The summed E-state index contributed by atoms with van der Waals surface area (Å²) in [5.41, 5.74) is 0. The Bertz CT molecular complexity index is 184. The summed E-state index contributed by atoms with van der Waals surface area (Å²) in [4.78, 5) is 19.9. The van der Waals surface area contributed by atoms with Crippen molar-refractivity contribution in [3.8, 4) is 0 Å². The smallest absolute Gasteiger partial charge is 0.326 e. The molecule has 1 amide bonds. The summed E-state index contributed by atoms with van der Waals surface area (Å²) >= 11 is 10.4. The Hall–Kier alpha value is -0.480. The fourth-order valence-electron chi connectivity index (χ4n) is 0.573. The molecule has 0 saturated carbocycles. The first-order chi connectivity index (χ1) is 5.49. The molecule has 0 spiro atoms. The second-order valence-corrected chi connectivity index (χ2v) is 3.20. The van der Waals surface area contributed by atoms with Crippen molar-refractivity contribution in [2.45, 2.75) is 24.2 Å². The van der Waals surface area contributed by atoms with Gasteiger partial charge in [-0.2, -0.15) is 0 Å². The maximum Gasteiger partial charge on any atom is 0.326 e. The highest BCUT2D eigenvalue weighted by Gasteiger charge is 2.20. The molecule has 0 aromatic carbocycles. The second kappa shape index (κ2) is 5.22. The Kier molecular flexibility index (Phi) is 5.01. The van der Waals surface area contributed by atoms with E-state index < -0.39 is 22.8 Å². The van der Waals surface area contributed by atoms with Gasteiger partial charge in [-0.15, -0.1) is 0 Å². The van der Waals surface area contributed by atoms with Crippen LogP contribution in [0.15, 0.2) is 0 Å². The Balaban J connectivity index is 4.03. The molecule has 0 rings (SSSR count). The Morgan fingerprint density at radius 3 is 2.25 bits per heavy atom. The van der Waals surface area contributed by atoms with Crippen molar-refractivity contribution < 1.29 is 14.7 Å². The third-order valence-corrected chi connectivity index (χ3v) is 1.62. The SMILES string of the molecule is CCC(NC(=O)C(Cl)Cl)C(=O)O. The van der Waals surface area contributed by atoms with Crippen molar-refractivity contribution in [1.82, 2.24) is 5.32 Å². The number of hydrogen-bond acceptors (Lipinski definition) is 2. The number of carbonyl (C=O) groups is 2. The van der Waals surface area contributed by atoms with E-state index in [0.717, 1.165) is 0 Å². The normalized spacial score (nSPS) is 12.7. The van der Waals surface area contributed by atoms with Crippen LogP contribution < -0.4 is 5.32 Å². The largest absolute Gasteiger partial charge is 0.480 e. The van der Waals surface area contributed by atoms with Gasteiger partial charge in [0.25, 0.3) is 5.91 Å². The minimum absolute atomic E-state index is 0.293. The lowest BCUT2D eigenvalue weighted by molar-refractivity contribution is -0.141. The van der Waals surface area contributed by atoms with Crippen molar-refractivity contribution in [3.05, 3.63) is 0 Å². The number of carbonyl (C=O) groups excluding carboxylic acids is 1. The third-order valence-electron chi connectivity index (χ3n) is 1.22.